The molecule has 1 heterocycles. The van der Waals surface area contributed by atoms with Crippen LogP contribution in [-0.4, -0.2) is 46.9 Å². The van der Waals surface area contributed by atoms with E-state index in [2.05, 4.69) is 15.3 Å². The summed E-state index contributed by atoms with van der Waals surface area (Å²) in [5.74, 6) is -2.06. The van der Waals surface area contributed by atoms with Gasteiger partial charge in [-0.05, 0) is 42.9 Å². The van der Waals surface area contributed by atoms with Crippen LogP contribution >= 0.6 is 0 Å². The van der Waals surface area contributed by atoms with Gasteiger partial charge in [-0.2, -0.15) is 0 Å². The first-order valence-corrected chi connectivity index (χ1v) is 12.6. The van der Waals surface area contributed by atoms with E-state index in [0.29, 0.717) is 16.6 Å². The lowest BCUT2D eigenvalue weighted by atomic mass is 9.89. The molecule has 2 rings (SSSR count). The molecular weight excluding hydrogens is 488 g/mol. The fourth-order valence-electron chi connectivity index (χ4n) is 3.55. The van der Waals surface area contributed by atoms with Crippen molar-refractivity contribution in [2.75, 3.05) is 23.4 Å². The summed E-state index contributed by atoms with van der Waals surface area (Å²) in [5.41, 5.74) is -0.0886. The second-order valence-corrected chi connectivity index (χ2v) is 11.2. The molecule has 0 saturated carbocycles. The quantitative estimate of drug-likeness (QED) is 0.212. The molecule has 2 amide bonds. The van der Waals surface area contributed by atoms with E-state index >= 15 is 0 Å². The summed E-state index contributed by atoms with van der Waals surface area (Å²) in [4.78, 5) is 61.0. The normalized spacial score (nSPS) is 11.5. The molecule has 206 valence electrons. The maximum Gasteiger partial charge on any atom is 0.347 e. The summed E-state index contributed by atoms with van der Waals surface area (Å²) in [5, 5.41) is 3.34. The van der Waals surface area contributed by atoms with Gasteiger partial charge in [-0.25, -0.2) is 19.6 Å². The number of esters is 2. The monoisotopic (exact) mass is 526 g/mol. The standard InChI is InChI=1S/C28H38N4O6/c1-9-37-25(35)20(26(36)38-10-2)16-29-24-19-13-18(11-12-21(19)30-17-31-24)32(22(33)14-27(3,4)5)23(34)15-28(6,7)8/h11-13,16-17H,9-10,14-15H2,1-8H3,(H,29,30,31). The van der Waals surface area contributed by atoms with E-state index < -0.39 is 11.9 Å². The summed E-state index contributed by atoms with van der Waals surface area (Å²) in [7, 11) is 0. The topological polar surface area (TPSA) is 128 Å². The first-order chi connectivity index (χ1) is 17.7. The Bertz CT molecular complexity index is 1180. The van der Waals surface area contributed by atoms with Crippen LogP contribution in [-0.2, 0) is 28.7 Å². The van der Waals surface area contributed by atoms with Crippen molar-refractivity contribution in [3.05, 3.63) is 36.3 Å². The first-order valence-electron chi connectivity index (χ1n) is 12.6. The average molecular weight is 527 g/mol. The molecule has 0 aliphatic carbocycles. The molecule has 2 aromatic rings. The van der Waals surface area contributed by atoms with Crippen LogP contribution in [0.15, 0.2) is 36.3 Å². The van der Waals surface area contributed by atoms with Crippen LogP contribution in [0.2, 0.25) is 0 Å². The van der Waals surface area contributed by atoms with E-state index in [1.807, 2.05) is 41.5 Å². The highest BCUT2D eigenvalue weighted by atomic mass is 16.6. The minimum atomic E-state index is -0.843. The molecule has 0 fully saturated rings. The highest BCUT2D eigenvalue weighted by molar-refractivity contribution is 6.16. The molecule has 1 N–H and O–H groups in total. The summed E-state index contributed by atoms with van der Waals surface area (Å²) < 4.78 is 9.94. The molecule has 0 bridgehead atoms. The lowest BCUT2D eigenvalue weighted by Gasteiger charge is -2.28. The Labute approximate surface area is 223 Å². The number of ether oxygens (including phenoxy) is 2. The number of fused-ring (bicyclic) bond motifs is 1. The first kappa shape index (κ1) is 30.4. The predicted molar refractivity (Wildman–Crippen MR) is 145 cm³/mol. The molecule has 38 heavy (non-hydrogen) atoms. The summed E-state index contributed by atoms with van der Waals surface area (Å²) in [6.07, 6.45) is 2.82. The number of imide groups is 1. The van der Waals surface area contributed by atoms with Crippen molar-refractivity contribution in [3.63, 3.8) is 0 Å². The van der Waals surface area contributed by atoms with Gasteiger partial charge in [-0.15, -0.1) is 0 Å². The van der Waals surface area contributed by atoms with Gasteiger partial charge in [0.25, 0.3) is 0 Å². The van der Waals surface area contributed by atoms with Gasteiger partial charge in [0.15, 0.2) is 5.57 Å². The third-order valence-corrected chi connectivity index (χ3v) is 5.08. The van der Waals surface area contributed by atoms with Crippen LogP contribution in [0.4, 0.5) is 11.5 Å². The summed E-state index contributed by atoms with van der Waals surface area (Å²) in [6.45, 7) is 15.0. The van der Waals surface area contributed by atoms with Gasteiger partial charge in [-0.3, -0.25) is 14.5 Å². The fourth-order valence-corrected chi connectivity index (χ4v) is 3.55. The van der Waals surface area contributed by atoms with E-state index in [4.69, 9.17) is 9.47 Å². The Morgan fingerprint density at radius 1 is 0.868 bits per heavy atom. The summed E-state index contributed by atoms with van der Waals surface area (Å²) in [6, 6.07) is 4.99. The van der Waals surface area contributed by atoms with Crippen molar-refractivity contribution >= 4 is 46.2 Å². The molecule has 0 radical (unpaired) electrons. The second kappa shape index (κ2) is 12.6. The molecule has 0 spiro atoms. The molecule has 1 aromatic heterocycles. The third-order valence-electron chi connectivity index (χ3n) is 5.08. The van der Waals surface area contributed by atoms with Crippen molar-refractivity contribution < 1.29 is 28.7 Å². The lowest BCUT2D eigenvalue weighted by Crippen LogP contribution is -2.40. The van der Waals surface area contributed by atoms with Crippen LogP contribution in [0.25, 0.3) is 10.9 Å². The molecular formula is C28H38N4O6. The van der Waals surface area contributed by atoms with Crippen LogP contribution < -0.4 is 10.2 Å². The zero-order valence-corrected chi connectivity index (χ0v) is 23.5. The predicted octanol–water partition coefficient (Wildman–Crippen LogP) is 4.78. The van der Waals surface area contributed by atoms with Crippen molar-refractivity contribution in [1.29, 1.82) is 0 Å². The number of anilines is 2. The molecule has 0 unspecified atom stereocenters. The number of benzene rings is 1. The maximum atomic E-state index is 13.3. The molecule has 0 aliphatic rings. The number of amides is 2. The fraction of sp³-hybridized carbons (Fsp3) is 0.500. The highest BCUT2D eigenvalue weighted by Crippen LogP contribution is 2.30. The van der Waals surface area contributed by atoms with E-state index in [1.165, 1.54) is 11.2 Å². The van der Waals surface area contributed by atoms with Gasteiger partial charge in [0.1, 0.15) is 12.1 Å². The van der Waals surface area contributed by atoms with Crippen molar-refractivity contribution in [2.45, 2.75) is 68.2 Å². The van der Waals surface area contributed by atoms with Gasteiger partial charge in [0.05, 0.1) is 24.4 Å². The number of aromatic nitrogens is 2. The number of rotatable bonds is 9. The number of hydrogen-bond acceptors (Lipinski definition) is 9. The summed E-state index contributed by atoms with van der Waals surface area (Å²) >= 11 is 0. The smallest absolute Gasteiger partial charge is 0.347 e. The van der Waals surface area contributed by atoms with Gasteiger partial charge < -0.3 is 14.8 Å². The molecule has 0 saturated heterocycles. The second-order valence-electron chi connectivity index (χ2n) is 11.2. The van der Waals surface area contributed by atoms with E-state index in [-0.39, 0.29) is 60.1 Å². The highest BCUT2D eigenvalue weighted by Gasteiger charge is 2.30. The Morgan fingerprint density at radius 2 is 1.39 bits per heavy atom. The minimum Gasteiger partial charge on any atom is -0.462 e. The van der Waals surface area contributed by atoms with E-state index in [1.54, 1.807) is 32.0 Å². The largest absolute Gasteiger partial charge is 0.462 e. The van der Waals surface area contributed by atoms with Crippen LogP contribution in [0.3, 0.4) is 0 Å². The molecule has 1 aromatic carbocycles. The van der Waals surface area contributed by atoms with Crippen molar-refractivity contribution in [3.8, 4) is 0 Å². The molecule has 10 nitrogen and oxygen atoms in total. The van der Waals surface area contributed by atoms with Crippen LogP contribution in [0.5, 0.6) is 0 Å². The zero-order valence-electron chi connectivity index (χ0n) is 23.5. The van der Waals surface area contributed by atoms with Crippen molar-refractivity contribution in [2.24, 2.45) is 10.8 Å². The minimum absolute atomic E-state index is 0.0798. The third kappa shape index (κ3) is 8.64. The Kier molecular flexibility index (Phi) is 10.1. The SMILES string of the molecule is CCOC(=O)C(=CNc1ncnc2ccc(N(C(=O)CC(C)(C)C)C(=O)CC(C)(C)C)cc12)C(=O)OCC. The number of nitrogens with one attached hydrogen (secondary N) is 1. The van der Waals surface area contributed by atoms with Crippen molar-refractivity contribution in [1.82, 2.24) is 9.97 Å². The molecule has 0 aliphatic heterocycles. The molecule has 0 atom stereocenters. The van der Waals surface area contributed by atoms with E-state index in [0.717, 1.165) is 6.20 Å². The number of carbonyl (C=O) groups is 4. The number of carbonyl (C=O) groups excluding carboxylic acids is 4. The Balaban J connectivity index is 2.58. The maximum absolute atomic E-state index is 13.3. The average Bonchev–Trinajstić information content (AvgIpc) is 2.77. The number of nitrogens with zero attached hydrogens (tertiary/aromatic N) is 3. The van der Waals surface area contributed by atoms with Gasteiger partial charge in [0.2, 0.25) is 11.8 Å². The van der Waals surface area contributed by atoms with Crippen LogP contribution in [0, 0.1) is 10.8 Å². The zero-order chi connectivity index (χ0) is 28.7. The van der Waals surface area contributed by atoms with Gasteiger partial charge >= 0.3 is 11.9 Å². The van der Waals surface area contributed by atoms with Gasteiger partial charge in [0, 0.05) is 24.4 Å². The molecule has 10 heteroatoms. The van der Waals surface area contributed by atoms with Crippen LogP contribution in [0.1, 0.15) is 68.2 Å². The lowest BCUT2D eigenvalue weighted by molar-refractivity contribution is -0.146. The van der Waals surface area contributed by atoms with Gasteiger partial charge in [-0.1, -0.05) is 41.5 Å². The van der Waals surface area contributed by atoms with E-state index in [9.17, 15) is 19.2 Å². The Hall–Kier alpha value is -3.82. The Morgan fingerprint density at radius 3 is 1.87 bits per heavy atom. The number of hydrogen-bond donors (Lipinski definition) is 1.